The van der Waals surface area contributed by atoms with Crippen molar-refractivity contribution in [3.63, 3.8) is 0 Å². The van der Waals surface area contributed by atoms with E-state index >= 15 is 0 Å². The Labute approximate surface area is 150 Å². The second kappa shape index (κ2) is 11.7. The maximum Gasteiger partial charge on any atom is 0.230 e. The van der Waals surface area contributed by atoms with Crippen LogP contribution in [0, 0.1) is 6.92 Å². The third kappa shape index (κ3) is 8.61. The molecule has 1 fully saturated rings. The molecule has 1 aromatic rings. The van der Waals surface area contributed by atoms with Crippen LogP contribution in [-0.2, 0) is 10.5 Å². The van der Waals surface area contributed by atoms with Crippen molar-refractivity contribution in [2.75, 3.05) is 45.0 Å². The topological polar surface area (TPSA) is 44.4 Å². The van der Waals surface area contributed by atoms with Crippen molar-refractivity contribution in [1.82, 2.24) is 15.5 Å². The smallest absolute Gasteiger partial charge is 0.230 e. The van der Waals surface area contributed by atoms with Crippen LogP contribution in [0.3, 0.4) is 0 Å². The van der Waals surface area contributed by atoms with Crippen LogP contribution in [0.4, 0.5) is 0 Å². The van der Waals surface area contributed by atoms with Crippen LogP contribution < -0.4 is 10.6 Å². The van der Waals surface area contributed by atoms with Crippen LogP contribution in [0.15, 0.2) is 24.3 Å². The Kier molecular flexibility index (Phi) is 10.4. The van der Waals surface area contributed by atoms with Gasteiger partial charge in [0.1, 0.15) is 0 Å². The summed E-state index contributed by atoms with van der Waals surface area (Å²) in [5, 5.41) is 6.37. The number of halogens is 1. The number of thioether (sulfide) groups is 1. The van der Waals surface area contributed by atoms with Crippen LogP contribution in [0.5, 0.6) is 0 Å². The Hall–Kier alpha value is -0.750. The van der Waals surface area contributed by atoms with Crippen LogP contribution in [-0.4, -0.2) is 55.8 Å². The molecule has 0 radical (unpaired) electrons. The van der Waals surface area contributed by atoms with Gasteiger partial charge in [0, 0.05) is 38.5 Å². The first-order valence-electron chi connectivity index (χ1n) is 8.07. The SMILES string of the molecule is Cc1cccc(CSCC(=O)NCCCN2CCNCC2)c1.Cl. The molecule has 1 aromatic carbocycles. The molecule has 1 aliphatic rings. The van der Waals surface area contributed by atoms with Crippen LogP contribution in [0.25, 0.3) is 0 Å². The molecule has 130 valence electrons. The molecule has 0 saturated carbocycles. The third-order valence-corrected chi connectivity index (χ3v) is 4.77. The summed E-state index contributed by atoms with van der Waals surface area (Å²) in [5.74, 6) is 1.59. The molecule has 0 spiro atoms. The minimum Gasteiger partial charge on any atom is -0.355 e. The molecule has 0 aromatic heterocycles. The van der Waals surface area contributed by atoms with Gasteiger partial charge in [-0.05, 0) is 25.5 Å². The normalized spacial score (nSPS) is 15.0. The Balaban J connectivity index is 0.00000264. The van der Waals surface area contributed by atoms with E-state index in [1.165, 1.54) is 11.1 Å². The molecule has 2 N–H and O–H groups in total. The summed E-state index contributed by atoms with van der Waals surface area (Å²) in [5.41, 5.74) is 2.56. The van der Waals surface area contributed by atoms with Gasteiger partial charge in [-0.2, -0.15) is 0 Å². The van der Waals surface area contributed by atoms with E-state index in [1.54, 1.807) is 11.8 Å². The average molecular weight is 358 g/mol. The Morgan fingerprint density at radius 3 is 2.87 bits per heavy atom. The molecule has 0 bridgehead atoms. The number of hydrogen-bond donors (Lipinski definition) is 2. The molecule has 23 heavy (non-hydrogen) atoms. The average Bonchev–Trinajstić information content (AvgIpc) is 2.53. The highest BCUT2D eigenvalue weighted by Crippen LogP contribution is 2.13. The molecule has 0 unspecified atom stereocenters. The van der Waals surface area contributed by atoms with Crippen molar-refractivity contribution >= 4 is 30.1 Å². The van der Waals surface area contributed by atoms with Crippen LogP contribution >= 0.6 is 24.2 Å². The number of nitrogens with zero attached hydrogens (tertiary/aromatic N) is 1. The maximum atomic E-state index is 11.8. The third-order valence-electron chi connectivity index (χ3n) is 3.77. The zero-order valence-corrected chi connectivity index (χ0v) is 15.5. The fourth-order valence-corrected chi connectivity index (χ4v) is 3.38. The van der Waals surface area contributed by atoms with Gasteiger partial charge < -0.3 is 15.5 Å². The Bertz CT molecular complexity index is 467. The maximum absolute atomic E-state index is 11.8. The summed E-state index contributed by atoms with van der Waals surface area (Å²) in [7, 11) is 0. The molecular formula is C17H28ClN3OS. The van der Waals surface area contributed by atoms with E-state index in [1.807, 2.05) is 0 Å². The fraction of sp³-hybridized carbons (Fsp3) is 0.588. The monoisotopic (exact) mass is 357 g/mol. The quantitative estimate of drug-likeness (QED) is 0.699. The molecule has 4 nitrogen and oxygen atoms in total. The van der Waals surface area contributed by atoms with E-state index < -0.39 is 0 Å². The molecule has 1 heterocycles. The van der Waals surface area contributed by atoms with E-state index in [2.05, 4.69) is 46.7 Å². The van der Waals surface area contributed by atoms with E-state index in [0.717, 1.165) is 51.4 Å². The highest BCUT2D eigenvalue weighted by Gasteiger charge is 2.08. The minimum atomic E-state index is 0. The predicted molar refractivity (Wildman–Crippen MR) is 102 cm³/mol. The first kappa shape index (κ1) is 20.3. The lowest BCUT2D eigenvalue weighted by Gasteiger charge is -2.27. The van der Waals surface area contributed by atoms with Gasteiger partial charge in [-0.3, -0.25) is 4.79 Å². The number of carbonyl (C=O) groups excluding carboxylic acids is 1. The van der Waals surface area contributed by atoms with Crippen molar-refractivity contribution in [2.24, 2.45) is 0 Å². The summed E-state index contributed by atoms with van der Waals surface area (Å²) in [6.07, 6.45) is 1.04. The Morgan fingerprint density at radius 1 is 1.35 bits per heavy atom. The van der Waals surface area contributed by atoms with Crippen molar-refractivity contribution in [2.45, 2.75) is 19.1 Å². The number of piperazine rings is 1. The molecule has 1 amide bonds. The summed E-state index contributed by atoms with van der Waals surface area (Å²) >= 11 is 1.68. The van der Waals surface area contributed by atoms with E-state index in [-0.39, 0.29) is 18.3 Å². The van der Waals surface area contributed by atoms with Crippen LogP contribution in [0.2, 0.25) is 0 Å². The Morgan fingerprint density at radius 2 is 2.13 bits per heavy atom. The van der Waals surface area contributed by atoms with E-state index in [4.69, 9.17) is 0 Å². The summed E-state index contributed by atoms with van der Waals surface area (Å²) in [6.45, 7) is 8.38. The van der Waals surface area contributed by atoms with Gasteiger partial charge in [0.15, 0.2) is 0 Å². The van der Waals surface area contributed by atoms with Crippen molar-refractivity contribution in [3.8, 4) is 0 Å². The first-order chi connectivity index (χ1) is 10.7. The van der Waals surface area contributed by atoms with Gasteiger partial charge in [-0.1, -0.05) is 29.8 Å². The van der Waals surface area contributed by atoms with Crippen molar-refractivity contribution in [3.05, 3.63) is 35.4 Å². The standard InChI is InChI=1S/C17H27N3OS.ClH/c1-15-4-2-5-16(12-15)13-22-14-17(21)19-6-3-9-20-10-7-18-8-11-20;/h2,4-5,12,18H,3,6-11,13-14H2,1H3,(H,19,21);1H. The van der Waals surface area contributed by atoms with Crippen LogP contribution in [0.1, 0.15) is 17.5 Å². The van der Waals surface area contributed by atoms with Gasteiger partial charge in [0.25, 0.3) is 0 Å². The molecular weight excluding hydrogens is 330 g/mol. The zero-order valence-electron chi connectivity index (χ0n) is 13.8. The van der Waals surface area contributed by atoms with Gasteiger partial charge in [-0.25, -0.2) is 0 Å². The van der Waals surface area contributed by atoms with Crippen molar-refractivity contribution < 1.29 is 4.79 Å². The fourth-order valence-electron chi connectivity index (χ4n) is 2.58. The molecule has 2 rings (SSSR count). The van der Waals surface area contributed by atoms with Gasteiger partial charge in [0.05, 0.1) is 5.75 Å². The number of aryl methyl sites for hydroxylation is 1. The molecule has 1 saturated heterocycles. The second-order valence-electron chi connectivity index (χ2n) is 5.78. The molecule has 0 aliphatic carbocycles. The van der Waals surface area contributed by atoms with Gasteiger partial charge in [-0.15, -0.1) is 24.2 Å². The van der Waals surface area contributed by atoms with E-state index in [0.29, 0.717) is 5.75 Å². The number of amides is 1. The zero-order chi connectivity index (χ0) is 15.6. The molecule has 6 heteroatoms. The van der Waals surface area contributed by atoms with Crippen molar-refractivity contribution in [1.29, 1.82) is 0 Å². The largest absolute Gasteiger partial charge is 0.355 e. The lowest BCUT2D eigenvalue weighted by Crippen LogP contribution is -2.44. The predicted octanol–water partition coefficient (Wildman–Crippen LogP) is 2.06. The lowest BCUT2D eigenvalue weighted by molar-refractivity contribution is -0.118. The lowest BCUT2D eigenvalue weighted by atomic mass is 10.2. The van der Waals surface area contributed by atoms with E-state index in [9.17, 15) is 4.79 Å². The minimum absolute atomic E-state index is 0. The number of carbonyl (C=O) groups is 1. The number of benzene rings is 1. The molecule has 1 aliphatic heterocycles. The number of rotatable bonds is 8. The summed E-state index contributed by atoms with van der Waals surface area (Å²) < 4.78 is 0. The van der Waals surface area contributed by atoms with Gasteiger partial charge >= 0.3 is 0 Å². The van der Waals surface area contributed by atoms with Gasteiger partial charge in [0.2, 0.25) is 5.91 Å². The summed E-state index contributed by atoms with van der Waals surface area (Å²) in [4.78, 5) is 14.2. The second-order valence-corrected chi connectivity index (χ2v) is 6.76. The number of hydrogen-bond acceptors (Lipinski definition) is 4. The number of nitrogens with one attached hydrogen (secondary N) is 2. The summed E-state index contributed by atoms with van der Waals surface area (Å²) in [6, 6.07) is 8.46. The highest BCUT2D eigenvalue weighted by atomic mass is 35.5. The highest BCUT2D eigenvalue weighted by molar-refractivity contribution is 7.99. The first-order valence-corrected chi connectivity index (χ1v) is 9.22. The molecule has 0 atom stereocenters.